The minimum atomic E-state index is -5.08. The molecule has 0 aliphatic carbocycles. The Morgan fingerprint density at radius 1 is 1.20 bits per heavy atom. The number of halogens is 4. The second-order valence-corrected chi connectivity index (χ2v) is 10.8. The van der Waals surface area contributed by atoms with Crippen LogP contribution in [0.2, 0.25) is 5.15 Å². The largest absolute Gasteiger partial charge is 0.494 e. The maximum absolute atomic E-state index is 12.5. The zero-order valence-corrected chi connectivity index (χ0v) is 23.5. The molecule has 1 saturated heterocycles. The molecule has 0 bridgehead atoms. The Morgan fingerprint density at radius 2 is 1.88 bits per heavy atom. The van der Waals surface area contributed by atoms with Crippen LogP contribution >= 0.6 is 11.6 Å². The molecule has 40 heavy (non-hydrogen) atoms. The number of sulfonamides is 1. The molecule has 0 unspecified atom stereocenters. The number of alkyl halides is 3. The van der Waals surface area contributed by atoms with Crippen molar-refractivity contribution >= 4 is 33.3 Å². The van der Waals surface area contributed by atoms with Gasteiger partial charge < -0.3 is 20.1 Å². The van der Waals surface area contributed by atoms with Crippen LogP contribution in [0.25, 0.3) is 0 Å². The van der Waals surface area contributed by atoms with Gasteiger partial charge in [-0.1, -0.05) is 24.9 Å². The molecule has 3 N–H and O–H groups in total. The van der Waals surface area contributed by atoms with Crippen LogP contribution in [0.3, 0.4) is 0 Å². The summed E-state index contributed by atoms with van der Waals surface area (Å²) >= 11 is 6.35. The first kappa shape index (κ1) is 33.3. The zero-order valence-electron chi connectivity index (χ0n) is 21.9. The van der Waals surface area contributed by atoms with Gasteiger partial charge in [-0.15, -0.1) is 0 Å². The fourth-order valence-corrected chi connectivity index (χ4v) is 4.83. The lowest BCUT2D eigenvalue weighted by Crippen LogP contribution is -2.32. The number of carbonyl (C=O) groups is 1. The number of hydrogen-bond acceptors (Lipinski definition) is 8. The van der Waals surface area contributed by atoms with Gasteiger partial charge in [-0.25, -0.2) is 22.6 Å². The molecule has 2 heterocycles. The highest BCUT2D eigenvalue weighted by Crippen LogP contribution is 2.22. The van der Waals surface area contributed by atoms with Gasteiger partial charge in [0.15, 0.2) is 5.15 Å². The van der Waals surface area contributed by atoms with Gasteiger partial charge in [-0.05, 0) is 50.1 Å². The summed E-state index contributed by atoms with van der Waals surface area (Å²) in [6.07, 6.45) is -1.74. The van der Waals surface area contributed by atoms with Crippen molar-refractivity contribution < 1.29 is 36.2 Å². The molecule has 0 spiro atoms. The number of aliphatic carboxylic acids is 1. The number of carboxylic acid groups (broad SMARTS) is 1. The first-order valence-electron chi connectivity index (χ1n) is 12.6. The normalized spacial score (nSPS) is 14.2. The summed E-state index contributed by atoms with van der Waals surface area (Å²) in [6, 6.07) is 7.85. The Bertz CT molecular complexity index is 1250. The van der Waals surface area contributed by atoms with E-state index in [4.69, 9.17) is 26.2 Å². The van der Waals surface area contributed by atoms with Gasteiger partial charge in [0, 0.05) is 38.8 Å². The Labute approximate surface area is 235 Å². The minimum absolute atomic E-state index is 0.167. The third kappa shape index (κ3) is 10.9. The molecule has 0 radical (unpaired) electrons. The topological polar surface area (TPSA) is 143 Å². The van der Waals surface area contributed by atoms with Crippen molar-refractivity contribution in [3.8, 4) is 5.75 Å². The molecule has 1 aliphatic heterocycles. The van der Waals surface area contributed by atoms with Crippen molar-refractivity contribution in [1.29, 1.82) is 0 Å². The van der Waals surface area contributed by atoms with Crippen molar-refractivity contribution in [2.24, 2.45) is 0 Å². The van der Waals surface area contributed by atoms with Crippen molar-refractivity contribution in [3.05, 3.63) is 45.8 Å². The van der Waals surface area contributed by atoms with Gasteiger partial charge in [-0.2, -0.15) is 18.3 Å². The van der Waals surface area contributed by atoms with Gasteiger partial charge in [0.05, 0.1) is 17.2 Å². The van der Waals surface area contributed by atoms with E-state index in [-0.39, 0.29) is 28.7 Å². The smallest absolute Gasteiger partial charge is 0.490 e. The van der Waals surface area contributed by atoms with Crippen LogP contribution < -0.4 is 25.2 Å². The van der Waals surface area contributed by atoms with E-state index in [2.05, 4.69) is 27.0 Å². The second kappa shape index (κ2) is 15.8. The SMILES string of the molecule is CCCCOc1ccc(S(=O)(=O)NCCCn2nc(Cl)c(N3CCCNCC3)cc2=O)cc1.O=C(O)C(F)(F)F. The van der Waals surface area contributed by atoms with Crippen LogP contribution in [0.1, 0.15) is 32.6 Å². The van der Waals surface area contributed by atoms with Crippen LogP contribution in [0.5, 0.6) is 5.75 Å². The number of hydrogen-bond donors (Lipinski definition) is 3. The lowest BCUT2D eigenvalue weighted by Gasteiger charge is -2.23. The number of nitrogens with one attached hydrogen (secondary N) is 2. The number of benzene rings is 1. The predicted octanol–water partition coefficient (Wildman–Crippen LogP) is 2.88. The predicted molar refractivity (Wildman–Crippen MR) is 144 cm³/mol. The molecule has 1 aromatic carbocycles. The van der Waals surface area contributed by atoms with E-state index in [1.54, 1.807) is 12.1 Å². The van der Waals surface area contributed by atoms with E-state index in [0.717, 1.165) is 45.4 Å². The molecule has 0 saturated carbocycles. The molecule has 1 fully saturated rings. The molecule has 0 amide bonds. The molecule has 1 aliphatic rings. The number of unbranched alkanes of at least 4 members (excludes halogenated alkanes) is 1. The average Bonchev–Trinajstić information content (AvgIpc) is 3.18. The van der Waals surface area contributed by atoms with Crippen molar-refractivity contribution in [3.63, 3.8) is 0 Å². The molecule has 1 aromatic heterocycles. The van der Waals surface area contributed by atoms with Crippen LogP contribution in [-0.4, -0.2) is 74.8 Å². The Balaban J connectivity index is 0.000000708. The van der Waals surface area contributed by atoms with Gasteiger partial charge in [0.25, 0.3) is 5.56 Å². The number of aromatic nitrogens is 2. The van der Waals surface area contributed by atoms with Crippen molar-refractivity contribution in [2.45, 2.75) is 50.2 Å². The van der Waals surface area contributed by atoms with Gasteiger partial charge in [0.2, 0.25) is 10.0 Å². The van der Waals surface area contributed by atoms with E-state index in [1.807, 2.05) is 0 Å². The molecule has 0 atom stereocenters. The minimum Gasteiger partial charge on any atom is -0.494 e. The summed E-state index contributed by atoms with van der Waals surface area (Å²) < 4.78 is 66.2. The molecule has 3 rings (SSSR count). The number of anilines is 1. The van der Waals surface area contributed by atoms with E-state index >= 15 is 0 Å². The maximum atomic E-state index is 12.5. The van der Waals surface area contributed by atoms with E-state index < -0.39 is 22.2 Å². The molecule has 11 nitrogen and oxygen atoms in total. The van der Waals surface area contributed by atoms with Crippen molar-refractivity contribution in [1.82, 2.24) is 19.8 Å². The van der Waals surface area contributed by atoms with Crippen LogP contribution in [-0.2, 0) is 21.4 Å². The summed E-state index contributed by atoms with van der Waals surface area (Å²) in [5.74, 6) is -2.11. The molecule has 224 valence electrons. The Kier molecular flexibility index (Phi) is 13.2. The fourth-order valence-electron chi connectivity index (χ4n) is 3.49. The summed E-state index contributed by atoms with van der Waals surface area (Å²) in [5, 5.41) is 14.9. The number of ether oxygens (including phenoxy) is 1. The number of rotatable bonds is 11. The summed E-state index contributed by atoms with van der Waals surface area (Å²) in [5.41, 5.74) is 0.387. The van der Waals surface area contributed by atoms with E-state index in [9.17, 15) is 26.4 Å². The van der Waals surface area contributed by atoms with Gasteiger partial charge in [0.1, 0.15) is 5.75 Å². The molecule has 16 heteroatoms. The molecule has 2 aromatic rings. The Hall–Kier alpha value is -2.88. The highest BCUT2D eigenvalue weighted by atomic mass is 35.5. The summed E-state index contributed by atoms with van der Waals surface area (Å²) in [7, 11) is -3.65. The van der Waals surface area contributed by atoms with Crippen LogP contribution in [0, 0.1) is 0 Å². The van der Waals surface area contributed by atoms with Crippen molar-refractivity contribution in [2.75, 3.05) is 44.2 Å². The molecular formula is C24H33ClF3N5O6S. The fraction of sp³-hybridized carbons (Fsp3) is 0.542. The third-order valence-electron chi connectivity index (χ3n) is 5.60. The monoisotopic (exact) mass is 611 g/mol. The van der Waals surface area contributed by atoms with E-state index in [1.165, 1.54) is 22.9 Å². The highest BCUT2D eigenvalue weighted by Gasteiger charge is 2.38. The third-order valence-corrected chi connectivity index (χ3v) is 7.34. The van der Waals surface area contributed by atoms with Crippen LogP contribution in [0.15, 0.2) is 40.0 Å². The molecular weight excluding hydrogens is 579 g/mol. The standard InChI is InChI=1S/C22H32ClN5O4S.C2HF3O2/c1-2-3-16-32-18-6-8-19(9-7-18)33(30,31)25-11-5-14-28-21(29)17-20(22(23)26-28)27-13-4-10-24-12-15-27;3-2(4,5)1(6)7/h6-9,17,24-25H,2-5,10-16H2,1H3;(H,6,7). The summed E-state index contributed by atoms with van der Waals surface area (Å²) in [4.78, 5) is 23.6. The first-order chi connectivity index (χ1) is 18.8. The maximum Gasteiger partial charge on any atom is 0.490 e. The lowest BCUT2D eigenvalue weighted by atomic mass is 10.3. The number of nitrogens with zero attached hydrogens (tertiary/aromatic N) is 3. The zero-order chi connectivity index (χ0) is 29.8. The highest BCUT2D eigenvalue weighted by molar-refractivity contribution is 7.89. The number of aryl methyl sites for hydroxylation is 1. The van der Waals surface area contributed by atoms with E-state index in [0.29, 0.717) is 24.5 Å². The first-order valence-corrected chi connectivity index (χ1v) is 14.5. The second-order valence-electron chi connectivity index (χ2n) is 8.70. The van der Waals surface area contributed by atoms with Gasteiger partial charge >= 0.3 is 12.1 Å². The average molecular weight is 612 g/mol. The summed E-state index contributed by atoms with van der Waals surface area (Å²) in [6.45, 7) is 6.45. The van der Waals surface area contributed by atoms with Crippen LogP contribution in [0.4, 0.5) is 18.9 Å². The quantitative estimate of drug-likeness (QED) is 0.327. The lowest BCUT2D eigenvalue weighted by molar-refractivity contribution is -0.192. The van der Waals surface area contributed by atoms with Gasteiger partial charge in [-0.3, -0.25) is 4.79 Å². The number of carboxylic acids is 1. The Morgan fingerprint density at radius 3 is 2.50 bits per heavy atom.